The summed E-state index contributed by atoms with van der Waals surface area (Å²) >= 11 is 0. The number of aromatic amines is 1. The van der Waals surface area contributed by atoms with E-state index in [1.54, 1.807) is 15.4 Å². The molecule has 7 rings (SSSR count). The molecular weight excluding hydrogens is 442 g/mol. The summed E-state index contributed by atoms with van der Waals surface area (Å²) in [5.41, 5.74) is 13.5. The number of imidazole rings is 1. The second-order valence-corrected chi connectivity index (χ2v) is 9.63. The lowest BCUT2D eigenvalue weighted by Crippen LogP contribution is -2.41. The van der Waals surface area contributed by atoms with Crippen LogP contribution in [0.5, 0.6) is 0 Å². The smallest absolute Gasteiger partial charge is 0.329 e. The number of aromatic nitrogens is 8. The molecule has 0 aliphatic heterocycles. The van der Waals surface area contributed by atoms with Crippen LogP contribution in [0.1, 0.15) is 18.9 Å². The summed E-state index contributed by atoms with van der Waals surface area (Å²) in [7, 11) is 5.65. The van der Waals surface area contributed by atoms with Gasteiger partial charge in [-0.1, -0.05) is 6.07 Å². The maximum Gasteiger partial charge on any atom is 0.329 e. The minimum Gasteiger partial charge on any atom is -0.339 e. The van der Waals surface area contributed by atoms with Gasteiger partial charge in [0.05, 0.1) is 46.2 Å². The summed E-state index contributed by atoms with van der Waals surface area (Å²) < 4.78 is 7.27. The number of fused-ring (bicyclic) bond motifs is 4. The van der Waals surface area contributed by atoms with Gasteiger partial charge in [-0.2, -0.15) is 10.2 Å². The first-order chi connectivity index (χ1) is 16.9. The van der Waals surface area contributed by atoms with E-state index in [-0.39, 0.29) is 17.8 Å². The summed E-state index contributed by atoms with van der Waals surface area (Å²) in [5.74, 6) is 0. The van der Waals surface area contributed by atoms with Crippen LogP contribution in [0.2, 0.25) is 0 Å². The summed E-state index contributed by atoms with van der Waals surface area (Å²) in [6, 6.07) is 6.55. The highest BCUT2D eigenvalue weighted by Crippen LogP contribution is 2.43. The molecule has 1 aliphatic rings. The summed E-state index contributed by atoms with van der Waals surface area (Å²) in [6.45, 7) is 0. The van der Waals surface area contributed by atoms with Gasteiger partial charge in [-0.15, -0.1) is 0 Å². The van der Waals surface area contributed by atoms with Crippen molar-refractivity contribution in [2.75, 3.05) is 0 Å². The van der Waals surface area contributed by atoms with Crippen molar-refractivity contribution in [1.29, 1.82) is 0 Å². The van der Waals surface area contributed by atoms with Gasteiger partial charge in [-0.25, -0.2) is 9.78 Å². The quantitative estimate of drug-likeness (QED) is 0.415. The van der Waals surface area contributed by atoms with Crippen LogP contribution in [0.3, 0.4) is 0 Å². The Hall–Kier alpha value is -4.18. The maximum absolute atomic E-state index is 13.4. The van der Waals surface area contributed by atoms with Crippen LogP contribution in [-0.2, 0) is 21.1 Å². The monoisotopic (exact) mass is 467 g/mol. The standard InChI is InChI=1S/C25H25N9O/c1-31-12-15(10-28-31)22-20(13-4-5-18-14(6-13)9-29-33(18)3)21-23-19(11-27-24(21)30-22)32(2)25(35)34(23)17-7-16(26)8-17/h4-6,9-12,16-17H,7-8,26H2,1-3H3,(H,27,30)/t16-,17+. The van der Waals surface area contributed by atoms with E-state index in [0.717, 1.165) is 68.2 Å². The Kier molecular flexibility index (Phi) is 4.00. The highest BCUT2D eigenvalue weighted by Gasteiger charge is 2.32. The second-order valence-electron chi connectivity index (χ2n) is 9.63. The Labute approximate surface area is 199 Å². The first-order valence-corrected chi connectivity index (χ1v) is 11.7. The zero-order valence-corrected chi connectivity index (χ0v) is 19.7. The van der Waals surface area contributed by atoms with Gasteiger partial charge in [0.1, 0.15) is 5.65 Å². The van der Waals surface area contributed by atoms with E-state index in [9.17, 15) is 4.79 Å². The van der Waals surface area contributed by atoms with Crippen LogP contribution in [-0.4, -0.2) is 44.7 Å². The largest absolute Gasteiger partial charge is 0.339 e. The van der Waals surface area contributed by atoms with E-state index in [1.165, 1.54) is 0 Å². The Balaban J connectivity index is 1.63. The fourth-order valence-corrected chi connectivity index (χ4v) is 5.53. The van der Waals surface area contributed by atoms with Gasteiger partial charge in [-0.05, 0) is 30.5 Å². The molecule has 3 N–H and O–H groups in total. The third kappa shape index (κ3) is 2.74. The minimum atomic E-state index is -0.0380. The van der Waals surface area contributed by atoms with Crippen molar-refractivity contribution in [3.05, 3.63) is 53.5 Å². The van der Waals surface area contributed by atoms with Crippen molar-refractivity contribution >= 4 is 33.0 Å². The van der Waals surface area contributed by atoms with Crippen LogP contribution < -0.4 is 11.4 Å². The van der Waals surface area contributed by atoms with Crippen molar-refractivity contribution in [3.63, 3.8) is 0 Å². The number of benzene rings is 1. The van der Waals surface area contributed by atoms with Gasteiger partial charge >= 0.3 is 5.69 Å². The van der Waals surface area contributed by atoms with Crippen molar-refractivity contribution in [2.45, 2.75) is 24.9 Å². The zero-order chi connectivity index (χ0) is 24.0. The lowest BCUT2D eigenvalue weighted by Gasteiger charge is -2.33. The predicted molar refractivity (Wildman–Crippen MR) is 135 cm³/mol. The average molecular weight is 468 g/mol. The number of nitrogens with two attached hydrogens (primary N) is 1. The third-order valence-corrected chi connectivity index (χ3v) is 7.41. The molecule has 0 spiro atoms. The predicted octanol–water partition coefficient (Wildman–Crippen LogP) is 2.83. The van der Waals surface area contributed by atoms with Crippen molar-refractivity contribution in [2.24, 2.45) is 26.9 Å². The van der Waals surface area contributed by atoms with Gasteiger partial charge in [0.2, 0.25) is 0 Å². The molecule has 6 aromatic rings. The molecule has 1 aliphatic carbocycles. The normalized spacial score (nSPS) is 18.2. The van der Waals surface area contributed by atoms with Crippen LogP contribution in [0.15, 0.2) is 47.8 Å². The number of H-pyrrole nitrogens is 1. The number of nitrogens with one attached hydrogen (secondary N) is 1. The first kappa shape index (κ1) is 20.2. The van der Waals surface area contributed by atoms with Gasteiger partial charge in [0, 0.05) is 55.9 Å². The lowest BCUT2D eigenvalue weighted by molar-refractivity contribution is 0.266. The molecule has 0 unspecified atom stereocenters. The van der Waals surface area contributed by atoms with Gasteiger partial charge < -0.3 is 10.7 Å². The molecule has 176 valence electrons. The Morgan fingerprint density at radius 1 is 1.03 bits per heavy atom. The minimum absolute atomic E-state index is 0.0380. The zero-order valence-electron chi connectivity index (χ0n) is 19.7. The van der Waals surface area contributed by atoms with Crippen molar-refractivity contribution < 1.29 is 0 Å². The highest BCUT2D eigenvalue weighted by atomic mass is 16.1. The molecule has 1 saturated carbocycles. The van der Waals surface area contributed by atoms with Crippen LogP contribution in [0.25, 0.3) is 55.4 Å². The molecule has 5 aromatic heterocycles. The van der Waals surface area contributed by atoms with E-state index in [1.807, 2.05) is 49.0 Å². The number of hydrogen-bond donors (Lipinski definition) is 2. The fourth-order valence-electron chi connectivity index (χ4n) is 5.53. The van der Waals surface area contributed by atoms with Gasteiger partial charge in [-0.3, -0.25) is 18.5 Å². The molecule has 5 heterocycles. The Morgan fingerprint density at radius 2 is 1.86 bits per heavy atom. The molecule has 0 saturated heterocycles. The number of hydrogen-bond acceptors (Lipinski definition) is 5. The molecule has 10 heteroatoms. The number of pyridine rings is 1. The van der Waals surface area contributed by atoms with E-state index >= 15 is 0 Å². The van der Waals surface area contributed by atoms with Gasteiger partial charge in [0.25, 0.3) is 0 Å². The van der Waals surface area contributed by atoms with E-state index in [0.29, 0.717) is 0 Å². The van der Waals surface area contributed by atoms with E-state index < -0.39 is 0 Å². The topological polar surface area (TPSA) is 117 Å². The molecule has 10 nitrogen and oxygen atoms in total. The van der Waals surface area contributed by atoms with E-state index in [2.05, 4.69) is 33.4 Å². The molecule has 1 aromatic carbocycles. The Morgan fingerprint density at radius 3 is 2.60 bits per heavy atom. The first-order valence-electron chi connectivity index (χ1n) is 11.7. The van der Waals surface area contributed by atoms with Crippen LogP contribution in [0.4, 0.5) is 0 Å². The molecular formula is C25H25N9O. The van der Waals surface area contributed by atoms with Crippen LogP contribution in [0, 0.1) is 0 Å². The summed E-state index contributed by atoms with van der Waals surface area (Å²) in [6.07, 6.45) is 9.07. The van der Waals surface area contributed by atoms with E-state index in [4.69, 9.17) is 10.7 Å². The lowest BCUT2D eigenvalue weighted by atomic mass is 9.87. The SMILES string of the molecule is Cn1cc(-c2[nH]c3ncc4c(c3c2-c2ccc3c(cnn3C)c2)n([C@H]2C[C@@H](N)C2)c(=O)n4C)cn1. The third-order valence-electron chi connectivity index (χ3n) is 7.41. The van der Waals surface area contributed by atoms with Crippen LogP contribution >= 0.6 is 0 Å². The molecule has 0 atom stereocenters. The molecule has 0 radical (unpaired) electrons. The van der Waals surface area contributed by atoms with Crippen molar-refractivity contribution in [1.82, 2.24) is 38.7 Å². The Bertz CT molecular complexity index is 1840. The molecule has 0 amide bonds. The number of nitrogens with zero attached hydrogens (tertiary/aromatic N) is 7. The fraction of sp³-hybridized carbons (Fsp3) is 0.280. The number of aryl methyl sites for hydroxylation is 3. The average Bonchev–Trinajstić information content (AvgIpc) is 3.57. The van der Waals surface area contributed by atoms with Gasteiger partial charge in [0.15, 0.2) is 0 Å². The molecule has 35 heavy (non-hydrogen) atoms. The number of rotatable bonds is 3. The maximum atomic E-state index is 13.4. The molecule has 0 bridgehead atoms. The molecule has 1 fully saturated rings. The summed E-state index contributed by atoms with van der Waals surface area (Å²) in [5, 5.41) is 10.8. The second kappa shape index (κ2) is 6.92. The highest BCUT2D eigenvalue weighted by molar-refractivity contribution is 6.14. The summed E-state index contributed by atoms with van der Waals surface area (Å²) in [4.78, 5) is 21.7. The van der Waals surface area contributed by atoms with Crippen molar-refractivity contribution in [3.8, 4) is 22.4 Å².